The fourth-order valence-corrected chi connectivity index (χ4v) is 3.17. The van der Waals surface area contributed by atoms with Crippen molar-refractivity contribution in [3.63, 3.8) is 0 Å². The van der Waals surface area contributed by atoms with Gasteiger partial charge in [-0.2, -0.15) is 4.98 Å². The van der Waals surface area contributed by atoms with Gasteiger partial charge in [0.1, 0.15) is 0 Å². The van der Waals surface area contributed by atoms with E-state index in [1.807, 2.05) is 0 Å². The molecule has 21 heavy (non-hydrogen) atoms. The Bertz CT molecular complexity index is 623. The van der Waals surface area contributed by atoms with Crippen molar-refractivity contribution < 1.29 is 0 Å². The van der Waals surface area contributed by atoms with Crippen LogP contribution in [0.2, 0.25) is 0 Å². The Labute approximate surface area is 125 Å². The van der Waals surface area contributed by atoms with Gasteiger partial charge in [0, 0.05) is 31.2 Å². The number of benzene rings is 1. The number of H-pyrrole nitrogens is 1. The maximum absolute atomic E-state index is 4.72. The van der Waals surface area contributed by atoms with Crippen LogP contribution in [0.25, 0.3) is 11.4 Å². The second-order valence-corrected chi connectivity index (χ2v) is 6.06. The number of hydrogen-bond donors (Lipinski definition) is 2. The summed E-state index contributed by atoms with van der Waals surface area (Å²) < 4.78 is 0. The van der Waals surface area contributed by atoms with Crippen molar-refractivity contribution in [2.45, 2.75) is 33.7 Å². The molecule has 2 N–H and O–H groups in total. The molecule has 1 atom stereocenters. The maximum atomic E-state index is 4.72. The third kappa shape index (κ3) is 2.78. The normalized spacial score (nSPS) is 19.0. The van der Waals surface area contributed by atoms with Gasteiger partial charge in [-0.05, 0) is 38.8 Å². The van der Waals surface area contributed by atoms with Crippen molar-refractivity contribution in [2.24, 2.45) is 0 Å². The number of aromatic amines is 1. The SMILES string of the molecule is Cc1cc(C)c(-c2nc(N3CCNC(C)C3)n[nH]2)c(C)c1. The molecule has 1 aliphatic rings. The van der Waals surface area contributed by atoms with E-state index in [0.717, 1.165) is 31.4 Å². The van der Waals surface area contributed by atoms with E-state index in [2.05, 4.69) is 60.2 Å². The molecule has 1 aromatic carbocycles. The van der Waals surface area contributed by atoms with E-state index in [1.54, 1.807) is 0 Å². The summed E-state index contributed by atoms with van der Waals surface area (Å²) in [7, 11) is 0. The van der Waals surface area contributed by atoms with Crippen LogP contribution in [0.1, 0.15) is 23.6 Å². The number of anilines is 1. The van der Waals surface area contributed by atoms with Crippen LogP contribution in [-0.2, 0) is 0 Å². The first kappa shape index (κ1) is 14.1. The Morgan fingerprint density at radius 1 is 1.19 bits per heavy atom. The number of nitrogens with one attached hydrogen (secondary N) is 2. The van der Waals surface area contributed by atoms with Gasteiger partial charge in [-0.3, -0.25) is 5.10 Å². The third-order valence-corrected chi connectivity index (χ3v) is 4.04. The van der Waals surface area contributed by atoms with Gasteiger partial charge in [-0.15, -0.1) is 5.10 Å². The second kappa shape index (κ2) is 5.48. The van der Waals surface area contributed by atoms with Gasteiger partial charge in [-0.1, -0.05) is 17.7 Å². The summed E-state index contributed by atoms with van der Waals surface area (Å²) in [6.45, 7) is 11.4. The largest absolute Gasteiger partial charge is 0.337 e. The summed E-state index contributed by atoms with van der Waals surface area (Å²) in [5, 5.41) is 11.0. The Hall–Kier alpha value is -1.88. The summed E-state index contributed by atoms with van der Waals surface area (Å²) in [5.41, 5.74) is 4.93. The van der Waals surface area contributed by atoms with Crippen molar-refractivity contribution in [2.75, 3.05) is 24.5 Å². The zero-order chi connectivity index (χ0) is 15.0. The number of hydrogen-bond acceptors (Lipinski definition) is 4. The third-order valence-electron chi connectivity index (χ3n) is 4.04. The van der Waals surface area contributed by atoms with Crippen LogP contribution in [0, 0.1) is 20.8 Å². The summed E-state index contributed by atoms with van der Waals surface area (Å²) in [6.07, 6.45) is 0. The lowest BCUT2D eigenvalue weighted by atomic mass is 9.99. The molecule has 0 saturated carbocycles. The Morgan fingerprint density at radius 3 is 2.57 bits per heavy atom. The van der Waals surface area contributed by atoms with E-state index in [1.165, 1.54) is 22.3 Å². The lowest BCUT2D eigenvalue weighted by Gasteiger charge is -2.30. The van der Waals surface area contributed by atoms with Gasteiger partial charge in [-0.25, -0.2) is 0 Å². The highest BCUT2D eigenvalue weighted by molar-refractivity contribution is 5.66. The van der Waals surface area contributed by atoms with Crippen molar-refractivity contribution in [1.29, 1.82) is 0 Å². The van der Waals surface area contributed by atoms with Crippen molar-refractivity contribution in [3.8, 4) is 11.4 Å². The molecule has 0 spiro atoms. The summed E-state index contributed by atoms with van der Waals surface area (Å²) >= 11 is 0. The van der Waals surface area contributed by atoms with Gasteiger partial charge >= 0.3 is 0 Å². The molecule has 0 aliphatic carbocycles. The highest BCUT2D eigenvalue weighted by Gasteiger charge is 2.20. The Morgan fingerprint density at radius 2 is 1.90 bits per heavy atom. The molecule has 1 saturated heterocycles. The number of piperazine rings is 1. The van der Waals surface area contributed by atoms with Gasteiger partial charge in [0.05, 0.1) is 0 Å². The minimum Gasteiger partial charge on any atom is -0.337 e. The van der Waals surface area contributed by atoms with Gasteiger partial charge in [0.2, 0.25) is 5.95 Å². The molecule has 1 fully saturated rings. The van der Waals surface area contributed by atoms with Crippen molar-refractivity contribution in [3.05, 3.63) is 28.8 Å². The van der Waals surface area contributed by atoms with Crippen LogP contribution < -0.4 is 10.2 Å². The van der Waals surface area contributed by atoms with Crippen LogP contribution in [0.5, 0.6) is 0 Å². The first-order chi connectivity index (χ1) is 10.0. The number of aryl methyl sites for hydroxylation is 3. The molecule has 2 aromatic rings. The zero-order valence-electron chi connectivity index (χ0n) is 13.2. The lowest BCUT2D eigenvalue weighted by Crippen LogP contribution is -2.49. The van der Waals surface area contributed by atoms with Gasteiger partial charge in [0.25, 0.3) is 0 Å². The predicted molar refractivity (Wildman–Crippen MR) is 85.7 cm³/mol. The van der Waals surface area contributed by atoms with E-state index >= 15 is 0 Å². The van der Waals surface area contributed by atoms with Crippen LogP contribution >= 0.6 is 0 Å². The molecular formula is C16H23N5. The van der Waals surface area contributed by atoms with Crippen LogP contribution in [0.3, 0.4) is 0 Å². The number of aromatic nitrogens is 3. The molecule has 0 bridgehead atoms. The Kier molecular flexibility index (Phi) is 3.68. The summed E-state index contributed by atoms with van der Waals surface area (Å²) in [5.74, 6) is 1.67. The highest BCUT2D eigenvalue weighted by Crippen LogP contribution is 2.26. The summed E-state index contributed by atoms with van der Waals surface area (Å²) in [6, 6.07) is 4.86. The Balaban J connectivity index is 1.92. The molecule has 3 rings (SSSR count). The average Bonchev–Trinajstić information content (AvgIpc) is 2.87. The maximum Gasteiger partial charge on any atom is 0.245 e. The van der Waals surface area contributed by atoms with Gasteiger partial charge < -0.3 is 10.2 Å². The average molecular weight is 285 g/mol. The van der Waals surface area contributed by atoms with E-state index in [-0.39, 0.29) is 0 Å². The lowest BCUT2D eigenvalue weighted by molar-refractivity contribution is 0.480. The predicted octanol–water partition coefficient (Wildman–Crippen LogP) is 2.20. The topological polar surface area (TPSA) is 56.8 Å². The first-order valence-electron chi connectivity index (χ1n) is 7.53. The molecule has 1 aromatic heterocycles. The zero-order valence-corrected chi connectivity index (χ0v) is 13.2. The molecule has 5 heteroatoms. The van der Waals surface area contributed by atoms with Crippen LogP contribution in [0.15, 0.2) is 12.1 Å². The molecule has 1 aliphatic heterocycles. The van der Waals surface area contributed by atoms with E-state index in [9.17, 15) is 0 Å². The quantitative estimate of drug-likeness (QED) is 0.888. The van der Waals surface area contributed by atoms with E-state index in [0.29, 0.717) is 6.04 Å². The van der Waals surface area contributed by atoms with E-state index in [4.69, 9.17) is 4.98 Å². The highest BCUT2D eigenvalue weighted by atomic mass is 15.4. The van der Waals surface area contributed by atoms with E-state index < -0.39 is 0 Å². The molecule has 0 radical (unpaired) electrons. The standard InChI is InChI=1S/C16H23N5/c1-10-7-11(2)14(12(3)8-10)15-18-16(20-19-15)21-6-5-17-13(4)9-21/h7-8,13,17H,5-6,9H2,1-4H3,(H,18,19,20). The number of rotatable bonds is 2. The number of nitrogens with zero attached hydrogens (tertiary/aromatic N) is 3. The molecular weight excluding hydrogens is 262 g/mol. The molecule has 2 heterocycles. The molecule has 1 unspecified atom stereocenters. The summed E-state index contributed by atoms with van der Waals surface area (Å²) in [4.78, 5) is 6.96. The van der Waals surface area contributed by atoms with Crippen molar-refractivity contribution in [1.82, 2.24) is 20.5 Å². The second-order valence-electron chi connectivity index (χ2n) is 6.06. The van der Waals surface area contributed by atoms with Crippen molar-refractivity contribution >= 4 is 5.95 Å². The molecule has 5 nitrogen and oxygen atoms in total. The van der Waals surface area contributed by atoms with Crippen LogP contribution in [-0.4, -0.2) is 40.9 Å². The monoisotopic (exact) mass is 285 g/mol. The smallest absolute Gasteiger partial charge is 0.245 e. The fraction of sp³-hybridized carbons (Fsp3) is 0.500. The molecule has 0 amide bonds. The fourth-order valence-electron chi connectivity index (χ4n) is 3.17. The minimum atomic E-state index is 0.476. The first-order valence-corrected chi connectivity index (χ1v) is 7.53. The van der Waals surface area contributed by atoms with Crippen LogP contribution in [0.4, 0.5) is 5.95 Å². The minimum absolute atomic E-state index is 0.476. The van der Waals surface area contributed by atoms with Gasteiger partial charge in [0.15, 0.2) is 5.82 Å². The molecule has 112 valence electrons.